The van der Waals surface area contributed by atoms with Crippen molar-refractivity contribution in [3.05, 3.63) is 12.2 Å². The van der Waals surface area contributed by atoms with Crippen molar-refractivity contribution >= 4 is 0 Å². The fourth-order valence-corrected chi connectivity index (χ4v) is 0.489. The van der Waals surface area contributed by atoms with E-state index in [2.05, 4.69) is 0 Å². The molecule has 0 aliphatic heterocycles. The second-order valence-corrected chi connectivity index (χ2v) is 1.67. The van der Waals surface area contributed by atoms with Crippen LogP contribution in [0.15, 0.2) is 12.2 Å². The number of rotatable bonds is 3. The van der Waals surface area contributed by atoms with E-state index in [0.717, 1.165) is 0 Å². The van der Waals surface area contributed by atoms with Gasteiger partial charge in [-0.3, -0.25) is 0 Å². The Balaban J connectivity index is 3.17. The van der Waals surface area contributed by atoms with E-state index >= 15 is 0 Å². The first-order valence-electron chi connectivity index (χ1n) is 2.82. The molecule has 0 aliphatic carbocycles. The Morgan fingerprint density at radius 3 is 2.75 bits per heavy atom. The summed E-state index contributed by atoms with van der Waals surface area (Å²) in [7, 11) is 0. The van der Waals surface area contributed by atoms with Crippen molar-refractivity contribution in [2.24, 2.45) is 5.73 Å². The molecule has 8 heavy (non-hydrogen) atoms. The first-order chi connectivity index (χ1) is 3.81. The lowest BCUT2D eigenvalue weighted by Crippen LogP contribution is -2.10. The summed E-state index contributed by atoms with van der Waals surface area (Å²) < 4.78 is 0. The molecule has 0 heterocycles. The molecule has 48 valence electrons. The molecule has 0 aromatic heterocycles. The fraction of sp³-hybridized carbons (Fsp3) is 0.667. The van der Waals surface area contributed by atoms with Crippen LogP contribution < -0.4 is 5.73 Å². The zero-order valence-electron chi connectivity index (χ0n) is 5.17. The summed E-state index contributed by atoms with van der Waals surface area (Å²) in [5.74, 6) is 0. The molecule has 0 saturated carbocycles. The number of hydrogen-bond donors (Lipinski definition) is 2. The van der Waals surface area contributed by atoms with Gasteiger partial charge in [-0.25, -0.2) is 0 Å². The molecular weight excluding hydrogens is 102 g/mol. The van der Waals surface area contributed by atoms with Crippen molar-refractivity contribution in [2.75, 3.05) is 6.54 Å². The number of allylic oxidation sites excluding steroid dienone is 1. The summed E-state index contributed by atoms with van der Waals surface area (Å²) in [5, 5.41) is 8.88. The molecule has 0 saturated heterocycles. The highest BCUT2D eigenvalue weighted by Gasteiger charge is 1.92. The van der Waals surface area contributed by atoms with Crippen molar-refractivity contribution in [2.45, 2.75) is 19.4 Å². The first kappa shape index (κ1) is 7.66. The van der Waals surface area contributed by atoms with Crippen LogP contribution in [0.2, 0.25) is 0 Å². The predicted molar refractivity (Wildman–Crippen MR) is 34.5 cm³/mol. The number of nitrogens with two attached hydrogens (primary N) is 1. The topological polar surface area (TPSA) is 46.2 Å². The average Bonchev–Trinajstić information content (AvgIpc) is 1.68. The molecular formula is C6H13NO. The van der Waals surface area contributed by atoms with Crippen LogP contribution in [0.25, 0.3) is 0 Å². The van der Waals surface area contributed by atoms with Gasteiger partial charge in [-0.1, -0.05) is 12.2 Å². The van der Waals surface area contributed by atoms with Gasteiger partial charge in [-0.2, -0.15) is 0 Å². The van der Waals surface area contributed by atoms with Gasteiger partial charge in [0.2, 0.25) is 0 Å². The van der Waals surface area contributed by atoms with Gasteiger partial charge < -0.3 is 10.8 Å². The average molecular weight is 115 g/mol. The van der Waals surface area contributed by atoms with E-state index in [4.69, 9.17) is 10.8 Å². The van der Waals surface area contributed by atoms with Crippen LogP contribution in [0.4, 0.5) is 0 Å². The van der Waals surface area contributed by atoms with Crippen molar-refractivity contribution in [3.8, 4) is 0 Å². The minimum atomic E-state index is -0.343. The Morgan fingerprint density at radius 2 is 2.38 bits per heavy atom. The van der Waals surface area contributed by atoms with Crippen LogP contribution in [0, 0.1) is 0 Å². The van der Waals surface area contributed by atoms with E-state index in [1.54, 1.807) is 6.08 Å². The molecule has 0 aromatic rings. The maximum atomic E-state index is 8.88. The first-order valence-corrected chi connectivity index (χ1v) is 2.82. The van der Waals surface area contributed by atoms with Crippen LogP contribution in [-0.2, 0) is 0 Å². The molecule has 0 rings (SSSR count). The van der Waals surface area contributed by atoms with Crippen molar-refractivity contribution in [1.29, 1.82) is 0 Å². The Labute approximate surface area is 50.0 Å². The summed E-state index contributed by atoms with van der Waals surface area (Å²) in [6.45, 7) is 2.42. The third-order valence-corrected chi connectivity index (χ3v) is 0.877. The molecule has 2 nitrogen and oxygen atoms in total. The maximum absolute atomic E-state index is 8.88. The molecule has 1 atom stereocenters. The fourth-order valence-electron chi connectivity index (χ4n) is 0.489. The summed E-state index contributed by atoms with van der Waals surface area (Å²) >= 11 is 0. The molecule has 0 amide bonds. The predicted octanol–water partition coefficient (Wildman–Crippen LogP) is 0.272. The van der Waals surface area contributed by atoms with E-state index < -0.39 is 0 Å². The molecule has 0 aromatic carbocycles. The number of aliphatic hydroxyl groups excluding tert-OH is 1. The lowest BCUT2D eigenvalue weighted by atomic mass is 10.2. The molecule has 0 bridgehead atoms. The molecule has 3 N–H and O–H groups in total. The van der Waals surface area contributed by atoms with E-state index in [1.807, 2.05) is 13.0 Å². The Kier molecular flexibility index (Phi) is 4.61. The van der Waals surface area contributed by atoms with E-state index in [0.29, 0.717) is 13.0 Å². The van der Waals surface area contributed by atoms with Crippen molar-refractivity contribution in [3.63, 3.8) is 0 Å². The zero-order valence-corrected chi connectivity index (χ0v) is 5.17. The largest absolute Gasteiger partial charge is 0.389 e. The van der Waals surface area contributed by atoms with E-state index in [-0.39, 0.29) is 6.10 Å². The zero-order chi connectivity index (χ0) is 6.41. The molecule has 2 heteroatoms. The highest BCUT2D eigenvalue weighted by Crippen LogP contribution is 1.89. The normalized spacial score (nSPS) is 14.9. The molecule has 1 unspecified atom stereocenters. The second kappa shape index (κ2) is 4.81. The lowest BCUT2D eigenvalue weighted by molar-refractivity contribution is 0.215. The minimum absolute atomic E-state index is 0.343. The Bertz CT molecular complexity index is 70.9. The van der Waals surface area contributed by atoms with Gasteiger partial charge in [0, 0.05) is 0 Å². The van der Waals surface area contributed by atoms with E-state index in [1.165, 1.54) is 0 Å². The second-order valence-electron chi connectivity index (χ2n) is 1.67. The van der Waals surface area contributed by atoms with Crippen molar-refractivity contribution < 1.29 is 5.11 Å². The molecule has 0 radical (unpaired) electrons. The van der Waals surface area contributed by atoms with Gasteiger partial charge in [0.05, 0.1) is 6.10 Å². The third-order valence-electron chi connectivity index (χ3n) is 0.877. The van der Waals surface area contributed by atoms with Gasteiger partial charge >= 0.3 is 0 Å². The monoisotopic (exact) mass is 115 g/mol. The third kappa shape index (κ3) is 3.84. The van der Waals surface area contributed by atoms with Gasteiger partial charge in [0.15, 0.2) is 0 Å². The summed E-state index contributed by atoms with van der Waals surface area (Å²) in [4.78, 5) is 0. The summed E-state index contributed by atoms with van der Waals surface area (Å²) in [5.41, 5.74) is 5.17. The van der Waals surface area contributed by atoms with Crippen molar-refractivity contribution in [1.82, 2.24) is 0 Å². The maximum Gasteiger partial charge on any atom is 0.0732 e. The summed E-state index contributed by atoms with van der Waals surface area (Å²) in [6, 6.07) is 0. The number of aliphatic hydroxyl groups is 1. The molecule has 0 spiro atoms. The Hall–Kier alpha value is -0.340. The smallest absolute Gasteiger partial charge is 0.0732 e. The number of hydrogen-bond acceptors (Lipinski definition) is 2. The minimum Gasteiger partial charge on any atom is -0.389 e. The van der Waals surface area contributed by atoms with Crippen LogP contribution in [0.1, 0.15) is 13.3 Å². The van der Waals surface area contributed by atoms with Gasteiger partial charge in [0.1, 0.15) is 0 Å². The molecule has 0 aliphatic rings. The SMILES string of the molecule is C/C=C/C(O)CCN. The van der Waals surface area contributed by atoms with Crippen LogP contribution in [0.5, 0.6) is 0 Å². The summed E-state index contributed by atoms with van der Waals surface area (Å²) in [6.07, 6.45) is 3.86. The molecule has 0 fully saturated rings. The van der Waals surface area contributed by atoms with Gasteiger partial charge in [-0.05, 0) is 19.9 Å². The lowest BCUT2D eigenvalue weighted by Gasteiger charge is -1.99. The quantitative estimate of drug-likeness (QED) is 0.519. The van der Waals surface area contributed by atoms with Gasteiger partial charge in [0.25, 0.3) is 0 Å². The van der Waals surface area contributed by atoms with Gasteiger partial charge in [-0.15, -0.1) is 0 Å². The van der Waals surface area contributed by atoms with Crippen LogP contribution in [-0.4, -0.2) is 17.8 Å². The van der Waals surface area contributed by atoms with Crippen LogP contribution >= 0.6 is 0 Å². The highest BCUT2D eigenvalue weighted by molar-refractivity contribution is 4.84. The Morgan fingerprint density at radius 1 is 1.75 bits per heavy atom. The standard InChI is InChI=1S/C6H13NO/c1-2-3-6(8)4-5-7/h2-3,6,8H,4-5,7H2,1H3/b3-2+. The van der Waals surface area contributed by atoms with E-state index in [9.17, 15) is 0 Å². The van der Waals surface area contributed by atoms with Crippen LogP contribution in [0.3, 0.4) is 0 Å². The highest BCUT2D eigenvalue weighted by atomic mass is 16.3.